The first-order chi connectivity index (χ1) is 6.70. The van der Waals surface area contributed by atoms with Gasteiger partial charge in [0.25, 0.3) is 0 Å². The molecule has 0 heterocycles. The van der Waals surface area contributed by atoms with Crippen molar-refractivity contribution >= 4 is 11.9 Å². The van der Waals surface area contributed by atoms with Gasteiger partial charge in [0.05, 0.1) is 6.61 Å². The summed E-state index contributed by atoms with van der Waals surface area (Å²) in [6.07, 6.45) is 2.95. The fourth-order valence-electron chi connectivity index (χ4n) is 0.899. The highest BCUT2D eigenvalue weighted by molar-refractivity contribution is 5.88. The van der Waals surface area contributed by atoms with E-state index in [-0.39, 0.29) is 5.78 Å². The van der Waals surface area contributed by atoms with Gasteiger partial charge in [-0.25, -0.2) is 4.79 Å². The third-order valence-electron chi connectivity index (χ3n) is 1.62. The summed E-state index contributed by atoms with van der Waals surface area (Å²) in [4.78, 5) is 21.6. The van der Waals surface area contributed by atoms with Crippen LogP contribution in [0.3, 0.4) is 0 Å². The van der Waals surface area contributed by atoms with E-state index in [0.29, 0.717) is 19.6 Å². The van der Waals surface area contributed by atoms with Crippen LogP contribution in [-0.4, -0.2) is 25.0 Å². The lowest BCUT2D eigenvalue weighted by molar-refractivity contribution is -0.114. The number of amides is 1. The number of ketones is 1. The average Bonchev–Trinajstić information content (AvgIpc) is 2.17. The Labute approximate surface area is 84.3 Å². The first-order valence-corrected chi connectivity index (χ1v) is 4.76. The Morgan fingerprint density at radius 1 is 1.43 bits per heavy atom. The number of ether oxygens (including phenoxy) is 1. The number of carbonyl (C=O) groups excluding carboxylic acids is 2. The van der Waals surface area contributed by atoms with E-state index in [4.69, 9.17) is 0 Å². The smallest absolute Gasteiger partial charge is 0.407 e. The molecule has 0 spiro atoms. The molecule has 1 amide bonds. The van der Waals surface area contributed by atoms with Crippen molar-refractivity contribution in [3.05, 3.63) is 12.7 Å². The number of hydrogen-bond acceptors (Lipinski definition) is 3. The molecule has 0 radical (unpaired) electrons. The Hall–Kier alpha value is -1.32. The summed E-state index contributed by atoms with van der Waals surface area (Å²) < 4.78 is 4.66. The third-order valence-corrected chi connectivity index (χ3v) is 1.62. The van der Waals surface area contributed by atoms with Gasteiger partial charge in [-0.2, -0.15) is 0 Å². The summed E-state index contributed by atoms with van der Waals surface area (Å²) in [5.41, 5.74) is 0. The molecular formula is C10H17NO3. The maximum atomic E-state index is 10.8. The quantitative estimate of drug-likeness (QED) is 0.501. The van der Waals surface area contributed by atoms with Gasteiger partial charge in [-0.15, -0.1) is 0 Å². The molecule has 0 atom stereocenters. The highest BCUT2D eigenvalue weighted by atomic mass is 16.5. The lowest BCUT2D eigenvalue weighted by atomic mass is 10.2. The molecule has 0 aromatic carbocycles. The Morgan fingerprint density at radius 3 is 2.71 bits per heavy atom. The van der Waals surface area contributed by atoms with Crippen LogP contribution in [0.4, 0.5) is 4.79 Å². The molecule has 0 aromatic heterocycles. The fourth-order valence-corrected chi connectivity index (χ4v) is 0.899. The van der Waals surface area contributed by atoms with Crippen LogP contribution in [0.5, 0.6) is 0 Å². The standard InChI is InChI=1S/C10H17NO3/c1-3-9(12)7-5-6-8-11-10(13)14-4-2/h3H,1,4-8H2,2H3,(H,11,13). The molecule has 0 bridgehead atoms. The van der Waals surface area contributed by atoms with Crippen molar-refractivity contribution in [3.8, 4) is 0 Å². The predicted molar refractivity (Wildman–Crippen MR) is 54.1 cm³/mol. The molecular weight excluding hydrogens is 182 g/mol. The van der Waals surface area contributed by atoms with Crippen molar-refractivity contribution in [1.29, 1.82) is 0 Å². The van der Waals surface area contributed by atoms with E-state index in [9.17, 15) is 9.59 Å². The first-order valence-electron chi connectivity index (χ1n) is 4.76. The van der Waals surface area contributed by atoms with Crippen molar-refractivity contribution in [1.82, 2.24) is 5.32 Å². The lowest BCUT2D eigenvalue weighted by Gasteiger charge is -2.03. The van der Waals surface area contributed by atoms with E-state index in [1.54, 1.807) is 6.92 Å². The largest absolute Gasteiger partial charge is 0.450 e. The van der Waals surface area contributed by atoms with Gasteiger partial charge in [0.15, 0.2) is 5.78 Å². The SMILES string of the molecule is C=CC(=O)CCCCNC(=O)OCC. The fraction of sp³-hybridized carbons (Fsp3) is 0.600. The van der Waals surface area contributed by atoms with E-state index in [2.05, 4.69) is 16.6 Å². The average molecular weight is 199 g/mol. The highest BCUT2D eigenvalue weighted by Gasteiger charge is 1.99. The van der Waals surface area contributed by atoms with Crippen LogP contribution in [0.25, 0.3) is 0 Å². The van der Waals surface area contributed by atoms with Crippen molar-refractivity contribution in [3.63, 3.8) is 0 Å². The zero-order valence-electron chi connectivity index (χ0n) is 8.54. The van der Waals surface area contributed by atoms with Crippen molar-refractivity contribution < 1.29 is 14.3 Å². The number of allylic oxidation sites excluding steroid dienone is 1. The van der Waals surface area contributed by atoms with Crippen molar-refractivity contribution in [2.45, 2.75) is 26.2 Å². The van der Waals surface area contributed by atoms with E-state index in [0.717, 1.165) is 12.8 Å². The van der Waals surface area contributed by atoms with E-state index < -0.39 is 6.09 Å². The van der Waals surface area contributed by atoms with Crippen LogP contribution in [-0.2, 0) is 9.53 Å². The molecule has 0 saturated carbocycles. The molecule has 1 N–H and O–H groups in total. The molecule has 4 nitrogen and oxygen atoms in total. The van der Waals surface area contributed by atoms with Crippen LogP contribution in [0, 0.1) is 0 Å². The highest BCUT2D eigenvalue weighted by Crippen LogP contribution is 1.95. The van der Waals surface area contributed by atoms with Crippen LogP contribution in [0.1, 0.15) is 26.2 Å². The molecule has 0 aliphatic heterocycles. The zero-order valence-corrected chi connectivity index (χ0v) is 8.54. The molecule has 4 heteroatoms. The van der Waals surface area contributed by atoms with E-state index in [1.807, 2.05) is 0 Å². The Morgan fingerprint density at radius 2 is 2.14 bits per heavy atom. The molecule has 0 saturated heterocycles. The molecule has 0 aliphatic rings. The minimum absolute atomic E-state index is 0.0427. The second-order valence-electron chi connectivity index (χ2n) is 2.77. The maximum Gasteiger partial charge on any atom is 0.407 e. The monoisotopic (exact) mass is 199 g/mol. The summed E-state index contributed by atoms with van der Waals surface area (Å²) in [6, 6.07) is 0. The number of hydrogen-bond donors (Lipinski definition) is 1. The lowest BCUT2D eigenvalue weighted by Crippen LogP contribution is -2.25. The zero-order chi connectivity index (χ0) is 10.8. The second kappa shape index (κ2) is 8.29. The Balaban J connectivity index is 3.25. The Bertz CT molecular complexity index is 202. The van der Waals surface area contributed by atoms with Gasteiger partial charge in [0.1, 0.15) is 0 Å². The van der Waals surface area contributed by atoms with Crippen LogP contribution < -0.4 is 5.32 Å². The molecule has 14 heavy (non-hydrogen) atoms. The van der Waals surface area contributed by atoms with Crippen molar-refractivity contribution in [2.24, 2.45) is 0 Å². The van der Waals surface area contributed by atoms with Crippen LogP contribution >= 0.6 is 0 Å². The van der Waals surface area contributed by atoms with E-state index in [1.165, 1.54) is 6.08 Å². The number of alkyl carbamates (subject to hydrolysis) is 1. The van der Waals surface area contributed by atoms with Gasteiger partial charge in [0, 0.05) is 13.0 Å². The minimum atomic E-state index is -0.400. The van der Waals surface area contributed by atoms with Gasteiger partial charge in [-0.05, 0) is 25.8 Å². The molecule has 0 aromatic rings. The first kappa shape index (κ1) is 12.7. The number of nitrogens with one attached hydrogen (secondary N) is 1. The maximum absolute atomic E-state index is 10.8. The van der Waals surface area contributed by atoms with Crippen molar-refractivity contribution in [2.75, 3.05) is 13.2 Å². The topological polar surface area (TPSA) is 55.4 Å². The summed E-state index contributed by atoms with van der Waals surface area (Å²) in [5.74, 6) is 0.0427. The number of unbranched alkanes of at least 4 members (excludes halogenated alkanes) is 1. The van der Waals surface area contributed by atoms with Crippen LogP contribution in [0.15, 0.2) is 12.7 Å². The predicted octanol–water partition coefficient (Wildman–Crippen LogP) is 1.66. The van der Waals surface area contributed by atoms with Gasteiger partial charge in [-0.1, -0.05) is 6.58 Å². The minimum Gasteiger partial charge on any atom is -0.450 e. The third kappa shape index (κ3) is 7.34. The summed E-state index contributed by atoms with van der Waals surface area (Å²) in [5, 5.41) is 2.58. The molecule has 0 unspecified atom stereocenters. The number of rotatable bonds is 7. The molecule has 80 valence electrons. The summed E-state index contributed by atoms with van der Waals surface area (Å²) in [7, 11) is 0. The van der Waals surface area contributed by atoms with Gasteiger partial charge in [-0.3, -0.25) is 4.79 Å². The Kier molecular flexibility index (Phi) is 7.50. The van der Waals surface area contributed by atoms with Gasteiger partial charge >= 0.3 is 6.09 Å². The molecule has 0 fully saturated rings. The van der Waals surface area contributed by atoms with E-state index >= 15 is 0 Å². The molecule has 0 rings (SSSR count). The molecule has 0 aliphatic carbocycles. The summed E-state index contributed by atoms with van der Waals surface area (Å²) >= 11 is 0. The van der Waals surface area contributed by atoms with Gasteiger partial charge in [0.2, 0.25) is 0 Å². The van der Waals surface area contributed by atoms with Crippen LogP contribution in [0.2, 0.25) is 0 Å². The van der Waals surface area contributed by atoms with Gasteiger partial charge < -0.3 is 10.1 Å². The second-order valence-corrected chi connectivity index (χ2v) is 2.77. The normalized spacial score (nSPS) is 9.21. The number of carbonyl (C=O) groups is 2. The summed E-state index contributed by atoms with van der Waals surface area (Å²) in [6.45, 7) is 6.05.